The Morgan fingerprint density at radius 3 is 2.43 bits per heavy atom. The normalized spacial score (nSPS) is 17.2. The summed E-state index contributed by atoms with van der Waals surface area (Å²) in [5.41, 5.74) is 1.13. The molecular weight excluding hydrogens is 290 g/mol. The molecule has 0 aliphatic carbocycles. The van der Waals surface area contributed by atoms with Gasteiger partial charge in [-0.1, -0.05) is 26.0 Å². The third-order valence-electron chi connectivity index (χ3n) is 4.55. The number of carbonyl (C=O) groups excluding carboxylic acids is 1. The molecule has 128 valence electrons. The van der Waals surface area contributed by atoms with Crippen LogP contribution in [0.3, 0.4) is 0 Å². The van der Waals surface area contributed by atoms with Gasteiger partial charge >= 0.3 is 0 Å². The molecule has 0 bridgehead atoms. The van der Waals surface area contributed by atoms with E-state index in [4.69, 9.17) is 4.74 Å². The smallest absolute Gasteiger partial charge is 0.234 e. The second-order valence-corrected chi connectivity index (χ2v) is 6.54. The van der Waals surface area contributed by atoms with E-state index in [9.17, 15) is 4.79 Å². The Morgan fingerprint density at radius 1 is 1.17 bits per heavy atom. The van der Waals surface area contributed by atoms with Gasteiger partial charge in [-0.05, 0) is 25.0 Å². The lowest BCUT2D eigenvalue weighted by molar-refractivity contribution is -0.123. The summed E-state index contributed by atoms with van der Waals surface area (Å²) >= 11 is 0. The van der Waals surface area contributed by atoms with E-state index in [1.165, 1.54) is 0 Å². The van der Waals surface area contributed by atoms with Gasteiger partial charge < -0.3 is 15.0 Å². The maximum atomic E-state index is 12.1. The van der Waals surface area contributed by atoms with Gasteiger partial charge in [0.2, 0.25) is 5.91 Å². The zero-order valence-electron chi connectivity index (χ0n) is 14.7. The van der Waals surface area contributed by atoms with Crippen LogP contribution in [0.15, 0.2) is 24.3 Å². The van der Waals surface area contributed by atoms with E-state index in [2.05, 4.69) is 42.0 Å². The first kappa shape index (κ1) is 17.6. The number of methoxy groups -OCH3 is 1. The molecule has 0 saturated carbocycles. The second-order valence-electron chi connectivity index (χ2n) is 6.54. The predicted octanol–water partition coefficient (Wildman–Crippen LogP) is 1.98. The molecule has 1 amide bonds. The number of benzene rings is 1. The van der Waals surface area contributed by atoms with Crippen molar-refractivity contribution in [3.8, 4) is 5.75 Å². The monoisotopic (exact) mass is 319 g/mol. The molecule has 1 heterocycles. The van der Waals surface area contributed by atoms with Gasteiger partial charge in [-0.25, -0.2) is 0 Å². The van der Waals surface area contributed by atoms with Gasteiger partial charge in [0.1, 0.15) is 5.75 Å². The Labute approximate surface area is 139 Å². The molecule has 2 rings (SSSR count). The summed E-state index contributed by atoms with van der Waals surface area (Å²) in [6.45, 7) is 10.4. The summed E-state index contributed by atoms with van der Waals surface area (Å²) in [6, 6.07) is 8.31. The van der Waals surface area contributed by atoms with Crippen molar-refractivity contribution < 1.29 is 9.53 Å². The Balaban J connectivity index is 1.83. The third-order valence-corrected chi connectivity index (χ3v) is 4.55. The molecule has 0 spiro atoms. The first-order valence-electron chi connectivity index (χ1n) is 8.41. The highest BCUT2D eigenvalue weighted by atomic mass is 16.5. The van der Waals surface area contributed by atoms with Crippen LogP contribution in [0.1, 0.15) is 20.8 Å². The number of anilines is 1. The van der Waals surface area contributed by atoms with Crippen molar-refractivity contribution in [1.29, 1.82) is 0 Å². The average Bonchev–Trinajstić information content (AvgIpc) is 2.55. The van der Waals surface area contributed by atoms with E-state index < -0.39 is 0 Å². The molecule has 1 aliphatic heterocycles. The molecule has 1 N–H and O–H groups in total. The predicted molar refractivity (Wildman–Crippen MR) is 94.1 cm³/mol. The maximum Gasteiger partial charge on any atom is 0.234 e. The lowest BCUT2D eigenvalue weighted by Crippen LogP contribution is -2.50. The molecule has 0 aromatic heterocycles. The second kappa shape index (κ2) is 8.20. The molecule has 1 aliphatic rings. The van der Waals surface area contributed by atoms with Crippen molar-refractivity contribution in [1.82, 2.24) is 10.2 Å². The highest BCUT2D eigenvalue weighted by Gasteiger charge is 2.21. The first-order valence-corrected chi connectivity index (χ1v) is 8.41. The van der Waals surface area contributed by atoms with E-state index in [0.29, 0.717) is 12.5 Å². The van der Waals surface area contributed by atoms with E-state index in [0.717, 1.165) is 37.6 Å². The number of hydrogen-bond donors (Lipinski definition) is 1. The summed E-state index contributed by atoms with van der Waals surface area (Å²) in [6.07, 6.45) is 0. The number of para-hydroxylation sites is 2. The topological polar surface area (TPSA) is 44.8 Å². The van der Waals surface area contributed by atoms with E-state index in [1.54, 1.807) is 7.11 Å². The summed E-state index contributed by atoms with van der Waals surface area (Å²) in [4.78, 5) is 16.6. The molecule has 5 nitrogen and oxygen atoms in total. The number of piperazine rings is 1. The molecule has 1 atom stereocenters. The Bertz CT molecular complexity index is 511. The molecule has 1 saturated heterocycles. The Morgan fingerprint density at radius 2 is 1.83 bits per heavy atom. The van der Waals surface area contributed by atoms with Crippen LogP contribution in [0.5, 0.6) is 5.75 Å². The lowest BCUT2D eigenvalue weighted by Gasteiger charge is -2.36. The van der Waals surface area contributed by atoms with Crippen molar-refractivity contribution in [3.63, 3.8) is 0 Å². The zero-order chi connectivity index (χ0) is 16.8. The van der Waals surface area contributed by atoms with E-state index in [-0.39, 0.29) is 11.9 Å². The van der Waals surface area contributed by atoms with Crippen LogP contribution in [-0.2, 0) is 4.79 Å². The molecule has 1 aromatic carbocycles. The molecule has 0 radical (unpaired) electrons. The Hall–Kier alpha value is -1.75. The minimum absolute atomic E-state index is 0.122. The van der Waals surface area contributed by atoms with Gasteiger partial charge in [0, 0.05) is 32.2 Å². The van der Waals surface area contributed by atoms with Crippen LogP contribution in [0.2, 0.25) is 0 Å². The molecule has 1 aromatic rings. The summed E-state index contributed by atoms with van der Waals surface area (Å²) in [5.74, 6) is 1.49. The molecule has 0 unspecified atom stereocenters. The number of carbonyl (C=O) groups is 1. The van der Waals surface area contributed by atoms with Crippen molar-refractivity contribution in [2.24, 2.45) is 5.92 Å². The molecule has 5 heteroatoms. The minimum Gasteiger partial charge on any atom is -0.495 e. The quantitative estimate of drug-likeness (QED) is 0.871. The fourth-order valence-electron chi connectivity index (χ4n) is 2.71. The van der Waals surface area contributed by atoms with Crippen LogP contribution in [0.25, 0.3) is 0 Å². The van der Waals surface area contributed by atoms with Gasteiger partial charge in [0.05, 0.1) is 19.3 Å². The van der Waals surface area contributed by atoms with Crippen LogP contribution >= 0.6 is 0 Å². The number of hydrogen-bond acceptors (Lipinski definition) is 4. The van der Waals surface area contributed by atoms with Gasteiger partial charge in [-0.2, -0.15) is 0 Å². The molecule has 1 fully saturated rings. The Kier molecular flexibility index (Phi) is 6.28. The minimum atomic E-state index is 0.122. The van der Waals surface area contributed by atoms with Gasteiger partial charge in [0.15, 0.2) is 0 Å². The summed E-state index contributed by atoms with van der Waals surface area (Å²) in [5, 5.41) is 3.07. The number of nitrogens with one attached hydrogen (secondary N) is 1. The third kappa shape index (κ3) is 4.86. The summed E-state index contributed by atoms with van der Waals surface area (Å²) < 4.78 is 5.44. The number of rotatable bonds is 6. The van der Waals surface area contributed by atoms with E-state index >= 15 is 0 Å². The summed E-state index contributed by atoms with van der Waals surface area (Å²) in [7, 11) is 1.70. The number of nitrogens with zero attached hydrogens (tertiary/aromatic N) is 2. The fraction of sp³-hybridized carbons (Fsp3) is 0.611. The van der Waals surface area contributed by atoms with Gasteiger partial charge in [0.25, 0.3) is 0 Å². The fourth-order valence-corrected chi connectivity index (χ4v) is 2.71. The van der Waals surface area contributed by atoms with Crippen molar-refractivity contribution in [2.45, 2.75) is 26.8 Å². The number of ether oxygens (including phenoxy) is 1. The van der Waals surface area contributed by atoms with E-state index in [1.807, 2.05) is 18.2 Å². The maximum absolute atomic E-state index is 12.1. The largest absolute Gasteiger partial charge is 0.495 e. The standard InChI is InChI=1S/C18H29N3O2/c1-14(2)15(3)19-18(22)13-20-9-11-21(12-10-20)16-7-5-6-8-17(16)23-4/h5-8,14-15H,9-13H2,1-4H3,(H,19,22)/t15-/m0/s1. The highest BCUT2D eigenvalue weighted by Crippen LogP contribution is 2.28. The van der Waals surface area contributed by atoms with Crippen LogP contribution < -0.4 is 15.0 Å². The van der Waals surface area contributed by atoms with Crippen molar-refractivity contribution >= 4 is 11.6 Å². The SMILES string of the molecule is COc1ccccc1N1CCN(CC(=O)N[C@@H](C)C(C)C)CC1. The lowest BCUT2D eigenvalue weighted by atomic mass is 10.1. The van der Waals surface area contributed by atoms with Crippen LogP contribution in [0.4, 0.5) is 5.69 Å². The number of amides is 1. The molecular formula is C18H29N3O2. The van der Waals surface area contributed by atoms with Crippen molar-refractivity contribution in [3.05, 3.63) is 24.3 Å². The molecule has 23 heavy (non-hydrogen) atoms. The van der Waals surface area contributed by atoms with Crippen LogP contribution in [0, 0.1) is 5.92 Å². The highest BCUT2D eigenvalue weighted by molar-refractivity contribution is 5.78. The zero-order valence-corrected chi connectivity index (χ0v) is 14.7. The average molecular weight is 319 g/mol. The first-order chi connectivity index (χ1) is 11.0. The van der Waals surface area contributed by atoms with Crippen LogP contribution in [-0.4, -0.2) is 56.7 Å². The van der Waals surface area contributed by atoms with Gasteiger partial charge in [-0.15, -0.1) is 0 Å². The van der Waals surface area contributed by atoms with Gasteiger partial charge in [-0.3, -0.25) is 9.69 Å². The van der Waals surface area contributed by atoms with Crippen molar-refractivity contribution in [2.75, 3.05) is 44.7 Å².